The lowest BCUT2D eigenvalue weighted by Gasteiger charge is -2.18. The van der Waals surface area contributed by atoms with Gasteiger partial charge in [0.05, 0.1) is 13.2 Å². The van der Waals surface area contributed by atoms with Gasteiger partial charge < -0.3 is 23.7 Å². The van der Waals surface area contributed by atoms with Gasteiger partial charge >= 0.3 is 0 Å². The molecule has 0 bridgehead atoms. The van der Waals surface area contributed by atoms with E-state index in [1.807, 2.05) is 19.1 Å². The van der Waals surface area contributed by atoms with Crippen LogP contribution >= 0.6 is 23.2 Å². The maximum absolute atomic E-state index is 6.10. The summed E-state index contributed by atoms with van der Waals surface area (Å²) < 4.78 is 29.1. The topological polar surface area (TPSA) is 46.2 Å². The summed E-state index contributed by atoms with van der Waals surface area (Å²) in [5.41, 5.74) is 2.20. The van der Waals surface area contributed by atoms with Crippen molar-refractivity contribution in [1.29, 1.82) is 0 Å². The molecule has 0 fully saturated rings. The first kappa shape index (κ1) is 29.1. The molecule has 0 aliphatic carbocycles. The van der Waals surface area contributed by atoms with Crippen LogP contribution in [0.1, 0.15) is 64.0 Å². The van der Waals surface area contributed by atoms with Gasteiger partial charge in [0.25, 0.3) is 0 Å². The van der Waals surface area contributed by atoms with Crippen molar-refractivity contribution in [2.75, 3.05) is 39.6 Å². The molecule has 7 heteroatoms. The molecule has 0 heterocycles. The average Bonchev–Trinajstić information content (AvgIpc) is 2.77. The van der Waals surface area contributed by atoms with Crippen LogP contribution in [0.15, 0.2) is 22.7 Å². The molecule has 0 unspecified atom stereocenters. The molecule has 0 N–H and O–H groups in total. The van der Waals surface area contributed by atoms with Crippen LogP contribution in [0.2, 0.25) is 0 Å². The number of unbranched alkanes of at least 4 members (excludes halogenated alkanes) is 2. The normalized spacial score (nSPS) is 11.1. The van der Waals surface area contributed by atoms with E-state index in [1.54, 1.807) is 6.08 Å². The standard InChI is InChI=1S/C25H40Cl2O5/c1-5-12-30-24(31-13-6-2)19-28-14-9-8-10-15-32-25-20(4)17-22(18-21(25)7-3)29-16-11-23(26)27/h11,17-18,24H,5-10,12-16,19H2,1-4H3. The molecule has 0 atom stereocenters. The zero-order chi connectivity index (χ0) is 23.6. The lowest BCUT2D eigenvalue weighted by molar-refractivity contribution is -0.172. The molecule has 1 aromatic rings. The van der Waals surface area contributed by atoms with Gasteiger partial charge in [-0.25, -0.2) is 0 Å². The van der Waals surface area contributed by atoms with Gasteiger partial charge in [-0.2, -0.15) is 0 Å². The van der Waals surface area contributed by atoms with Gasteiger partial charge in [-0.15, -0.1) is 0 Å². The van der Waals surface area contributed by atoms with Crippen LogP contribution in [0.4, 0.5) is 0 Å². The number of ether oxygens (including phenoxy) is 5. The fourth-order valence-corrected chi connectivity index (χ4v) is 3.17. The Kier molecular flexibility index (Phi) is 16.7. The van der Waals surface area contributed by atoms with E-state index < -0.39 is 0 Å². The largest absolute Gasteiger partial charge is 0.493 e. The molecule has 0 aliphatic rings. The van der Waals surface area contributed by atoms with E-state index in [0.717, 1.165) is 61.2 Å². The summed E-state index contributed by atoms with van der Waals surface area (Å²) in [6.45, 7) is 11.9. The fourth-order valence-electron chi connectivity index (χ4n) is 3.04. The van der Waals surface area contributed by atoms with Crippen molar-refractivity contribution in [3.8, 4) is 11.5 Å². The Bertz CT molecular complexity index is 639. The lowest BCUT2D eigenvalue weighted by Crippen LogP contribution is -2.24. The summed E-state index contributed by atoms with van der Waals surface area (Å²) >= 11 is 11.3. The smallest absolute Gasteiger partial charge is 0.180 e. The third-order valence-corrected chi connectivity index (χ3v) is 4.95. The summed E-state index contributed by atoms with van der Waals surface area (Å²) in [7, 11) is 0. The summed E-state index contributed by atoms with van der Waals surface area (Å²) in [4.78, 5) is 0. The molecule has 0 aromatic heterocycles. The monoisotopic (exact) mass is 490 g/mol. The third-order valence-electron chi connectivity index (χ3n) is 4.64. The Morgan fingerprint density at radius 2 is 1.59 bits per heavy atom. The first-order valence-corrected chi connectivity index (χ1v) is 12.5. The van der Waals surface area contributed by atoms with Gasteiger partial charge in [0, 0.05) is 19.8 Å². The van der Waals surface area contributed by atoms with Gasteiger partial charge in [-0.3, -0.25) is 0 Å². The Labute approximate surface area is 204 Å². The molecule has 0 spiro atoms. The summed E-state index contributed by atoms with van der Waals surface area (Å²) in [6.07, 6.45) is 7.19. The highest BCUT2D eigenvalue weighted by molar-refractivity contribution is 6.55. The van der Waals surface area contributed by atoms with Crippen molar-refractivity contribution >= 4 is 23.2 Å². The van der Waals surface area contributed by atoms with E-state index in [2.05, 4.69) is 20.8 Å². The molecular weight excluding hydrogens is 451 g/mol. The second-order valence-electron chi connectivity index (χ2n) is 7.54. The number of aryl methyl sites for hydroxylation is 2. The van der Waals surface area contributed by atoms with Crippen molar-refractivity contribution in [1.82, 2.24) is 0 Å². The van der Waals surface area contributed by atoms with Gasteiger partial charge in [-0.1, -0.05) is 44.0 Å². The molecule has 1 rings (SSSR count). The van der Waals surface area contributed by atoms with E-state index >= 15 is 0 Å². The maximum Gasteiger partial charge on any atom is 0.180 e. The molecule has 0 radical (unpaired) electrons. The minimum Gasteiger partial charge on any atom is -0.493 e. The number of benzene rings is 1. The number of hydrogen-bond donors (Lipinski definition) is 0. The molecule has 5 nitrogen and oxygen atoms in total. The minimum absolute atomic E-state index is 0.206. The first-order valence-electron chi connectivity index (χ1n) is 11.7. The highest BCUT2D eigenvalue weighted by Crippen LogP contribution is 2.30. The molecule has 0 saturated heterocycles. The van der Waals surface area contributed by atoms with Crippen molar-refractivity contribution in [3.63, 3.8) is 0 Å². The van der Waals surface area contributed by atoms with Crippen LogP contribution in [0.25, 0.3) is 0 Å². The van der Waals surface area contributed by atoms with Crippen molar-refractivity contribution in [2.24, 2.45) is 0 Å². The van der Waals surface area contributed by atoms with E-state index in [-0.39, 0.29) is 10.8 Å². The van der Waals surface area contributed by atoms with Gasteiger partial charge in [0.15, 0.2) is 6.29 Å². The van der Waals surface area contributed by atoms with Crippen LogP contribution in [-0.2, 0) is 20.6 Å². The lowest BCUT2D eigenvalue weighted by atomic mass is 10.1. The molecule has 184 valence electrons. The van der Waals surface area contributed by atoms with Crippen LogP contribution < -0.4 is 9.47 Å². The SMILES string of the molecule is CCCOC(COCCCCCOc1c(C)cc(OCC=C(Cl)Cl)cc1CC)OCCC. The zero-order valence-corrected chi connectivity index (χ0v) is 21.6. The molecule has 0 saturated carbocycles. The predicted molar refractivity (Wildman–Crippen MR) is 132 cm³/mol. The highest BCUT2D eigenvalue weighted by Gasteiger charge is 2.10. The van der Waals surface area contributed by atoms with Crippen LogP contribution in [0.5, 0.6) is 11.5 Å². The number of halogens is 2. The van der Waals surface area contributed by atoms with Crippen molar-refractivity contribution in [3.05, 3.63) is 33.8 Å². The van der Waals surface area contributed by atoms with Gasteiger partial charge in [-0.05, 0) is 74.8 Å². The molecular formula is C25H40Cl2O5. The van der Waals surface area contributed by atoms with E-state index in [0.29, 0.717) is 39.6 Å². The Morgan fingerprint density at radius 1 is 0.906 bits per heavy atom. The Morgan fingerprint density at radius 3 is 2.22 bits per heavy atom. The Balaban J connectivity index is 2.31. The predicted octanol–water partition coefficient (Wildman–Crippen LogP) is 7.00. The second-order valence-corrected chi connectivity index (χ2v) is 8.55. The van der Waals surface area contributed by atoms with E-state index in [4.69, 9.17) is 46.9 Å². The van der Waals surface area contributed by atoms with Gasteiger partial charge in [0.2, 0.25) is 0 Å². The average molecular weight is 491 g/mol. The van der Waals surface area contributed by atoms with Gasteiger partial charge in [0.1, 0.15) is 22.6 Å². The number of rotatable bonds is 19. The molecule has 32 heavy (non-hydrogen) atoms. The summed E-state index contributed by atoms with van der Waals surface area (Å²) in [5, 5.41) is 0. The summed E-state index contributed by atoms with van der Waals surface area (Å²) in [5.74, 6) is 1.74. The molecule has 0 amide bonds. The highest BCUT2D eigenvalue weighted by atomic mass is 35.5. The molecule has 0 aliphatic heterocycles. The fraction of sp³-hybridized carbons (Fsp3) is 0.680. The zero-order valence-electron chi connectivity index (χ0n) is 20.1. The van der Waals surface area contributed by atoms with Crippen LogP contribution in [-0.4, -0.2) is 45.9 Å². The maximum atomic E-state index is 6.10. The van der Waals surface area contributed by atoms with Crippen molar-refractivity contribution < 1.29 is 23.7 Å². The van der Waals surface area contributed by atoms with Crippen LogP contribution in [0, 0.1) is 6.92 Å². The molecule has 1 aromatic carbocycles. The third kappa shape index (κ3) is 12.9. The van der Waals surface area contributed by atoms with Crippen molar-refractivity contribution in [2.45, 2.75) is 72.5 Å². The second kappa shape index (κ2) is 18.4. The number of hydrogen-bond acceptors (Lipinski definition) is 5. The quantitative estimate of drug-likeness (QED) is 0.154. The summed E-state index contributed by atoms with van der Waals surface area (Å²) in [6, 6.07) is 4.00. The van der Waals surface area contributed by atoms with Crippen LogP contribution in [0.3, 0.4) is 0 Å². The minimum atomic E-state index is -0.261. The van der Waals surface area contributed by atoms with E-state index in [1.165, 1.54) is 0 Å². The van der Waals surface area contributed by atoms with E-state index in [9.17, 15) is 0 Å². The Hall–Kier alpha value is -0.980. The first-order chi connectivity index (χ1) is 15.5.